The fourth-order valence-electron chi connectivity index (χ4n) is 4.35. The van der Waals surface area contributed by atoms with Gasteiger partial charge in [0.1, 0.15) is 5.75 Å². The Morgan fingerprint density at radius 1 is 1.29 bits per heavy atom. The molecule has 0 amide bonds. The fourth-order valence-corrected chi connectivity index (χ4v) is 4.35. The van der Waals surface area contributed by atoms with E-state index in [9.17, 15) is 8.78 Å². The third kappa shape index (κ3) is 2.82. The lowest BCUT2D eigenvalue weighted by Gasteiger charge is -2.45. The topological polar surface area (TPSA) is 21.7 Å². The number of fused-ring (bicyclic) bond motifs is 2. The summed E-state index contributed by atoms with van der Waals surface area (Å²) in [6.45, 7) is 3.31. The molecule has 1 aliphatic carbocycles. The molecule has 0 bridgehead atoms. The van der Waals surface area contributed by atoms with Gasteiger partial charge in [0.2, 0.25) is 0 Å². The van der Waals surface area contributed by atoms with E-state index in [0.717, 1.165) is 51.3 Å². The van der Waals surface area contributed by atoms with Crippen LogP contribution in [0.5, 0.6) is 5.75 Å². The smallest absolute Gasteiger partial charge is 0.251 e. The van der Waals surface area contributed by atoms with Crippen LogP contribution in [0.3, 0.4) is 0 Å². The molecule has 0 aromatic heterocycles. The van der Waals surface area contributed by atoms with E-state index in [1.54, 1.807) is 7.11 Å². The Bertz CT molecular complexity index is 597. The summed E-state index contributed by atoms with van der Waals surface area (Å²) in [7, 11) is 1.71. The van der Waals surface area contributed by atoms with E-state index in [0.29, 0.717) is 6.42 Å². The van der Waals surface area contributed by atoms with Gasteiger partial charge in [-0.15, -0.1) is 0 Å². The van der Waals surface area contributed by atoms with E-state index >= 15 is 0 Å². The molecular weight excluding hydrogens is 312 g/mol. The number of ether oxygens (including phenoxy) is 2. The van der Waals surface area contributed by atoms with Crippen LogP contribution in [0, 0.1) is 5.92 Å². The number of piperidine rings is 1. The quantitative estimate of drug-likeness (QED) is 0.838. The maximum absolute atomic E-state index is 13.0. The van der Waals surface area contributed by atoms with Crippen LogP contribution in [-0.4, -0.2) is 44.2 Å². The predicted molar refractivity (Wildman–Crippen MR) is 87.7 cm³/mol. The molecule has 1 aromatic rings. The normalized spacial score (nSPS) is 27.7. The monoisotopic (exact) mass is 337 g/mol. The third-order valence-electron chi connectivity index (χ3n) is 5.95. The molecule has 2 fully saturated rings. The van der Waals surface area contributed by atoms with Crippen LogP contribution >= 0.6 is 0 Å². The van der Waals surface area contributed by atoms with Crippen molar-refractivity contribution in [2.24, 2.45) is 5.92 Å². The number of nitrogens with zero attached hydrogens (tertiary/aromatic N) is 1. The van der Waals surface area contributed by atoms with Crippen molar-refractivity contribution in [1.29, 1.82) is 0 Å². The molecule has 5 heteroatoms. The Morgan fingerprint density at radius 3 is 2.71 bits per heavy atom. The van der Waals surface area contributed by atoms with Crippen molar-refractivity contribution in [2.45, 2.75) is 43.6 Å². The highest BCUT2D eigenvalue weighted by Crippen LogP contribution is 2.51. The van der Waals surface area contributed by atoms with Gasteiger partial charge in [-0.05, 0) is 43.9 Å². The van der Waals surface area contributed by atoms with Crippen molar-refractivity contribution >= 4 is 0 Å². The molecule has 1 spiro atoms. The van der Waals surface area contributed by atoms with Gasteiger partial charge < -0.3 is 14.4 Å². The molecule has 24 heavy (non-hydrogen) atoms. The van der Waals surface area contributed by atoms with Gasteiger partial charge in [0, 0.05) is 31.0 Å². The number of alkyl halides is 2. The maximum atomic E-state index is 13.0. The molecule has 1 saturated carbocycles. The standard InChI is InChI=1S/C19H25F2NO2/c1-23-16-4-2-3-14-6-12-24-18(17(14)16)7-10-22(11-8-18)9-5-15-13-19(15,20)21/h2-4,15H,5-13H2,1H3. The molecule has 1 atom stereocenters. The maximum Gasteiger partial charge on any atom is 0.251 e. The lowest BCUT2D eigenvalue weighted by Crippen LogP contribution is -2.47. The molecule has 3 nitrogen and oxygen atoms in total. The first-order valence-corrected chi connectivity index (χ1v) is 8.95. The summed E-state index contributed by atoms with van der Waals surface area (Å²) in [5.74, 6) is -1.87. The molecular formula is C19H25F2NO2. The fraction of sp³-hybridized carbons (Fsp3) is 0.684. The van der Waals surface area contributed by atoms with E-state index < -0.39 is 5.92 Å². The number of hydrogen-bond acceptors (Lipinski definition) is 3. The lowest BCUT2D eigenvalue weighted by atomic mass is 9.78. The molecule has 2 heterocycles. The van der Waals surface area contributed by atoms with Gasteiger partial charge in [-0.3, -0.25) is 0 Å². The summed E-state index contributed by atoms with van der Waals surface area (Å²) in [5.41, 5.74) is 2.28. The van der Waals surface area contributed by atoms with Crippen LogP contribution in [0.1, 0.15) is 36.8 Å². The number of halogens is 2. The highest BCUT2D eigenvalue weighted by Gasteiger charge is 2.56. The Balaban J connectivity index is 1.44. The molecule has 2 aliphatic heterocycles. The number of benzene rings is 1. The van der Waals surface area contributed by atoms with Crippen molar-refractivity contribution in [3.63, 3.8) is 0 Å². The van der Waals surface area contributed by atoms with Crippen LogP contribution < -0.4 is 4.74 Å². The molecule has 0 radical (unpaired) electrons. The van der Waals surface area contributed by atoms with Crippen molar-refractivity contribution in [3.8, 4) is 5.75 Å². The zero-order valence-corrected chi connectivity index (χ0v) is 14.2. The van der Waals surface area contributed by atoms with Gasteiger partial charge in [-0.1, -0.05) is 12.1 Å². The van der Waals surface area contributed by atoms with Gasteiger partial charge in [0.15, 0.2) is 0 Å². The van der Waals surface area contributed by atoms with Crippen LogP contribution in [0.15, 0.2) is 18.2 Å². The summed E-state index contributed by atoms with van der Waals surface area (Å²) in [6, 6.07) is 6.22. The van der Waals surface area contributed by atoms with E-state index in [2.05, 4.69) is 11.0 Å². The zero-order valence-electron chi connectivity index (χ0n) is 14.2. The van der Waals surface area contributed by atoms with Crippen LogP contribution in [0.2, 0.25) is 0 Å². The number of rotatable bonds is 4. The number of hydrogen-bond donors (Lipinski definition) is 0. The molecule has 0 N–H and O–H groups in total. The molecule has 132 valence electrons. The number of methoxy groups -OCH3 is 1. The molecule has 3 aliphatic rings. The minimum absolute atomic E-state index is 0.0818. The molecule has 1 unspecified atom stereocenters. The highest BCUT2D eigenvalue weighted by atomic mass is 19.3. The first-order valence-electron chi connectivity index (χ1n) is 8.95. The second kappa shape index (κ2) is 5.95. The zero-order chi connectivity index (χ0) is 16.8. The summed E-state index contributed by atoms with van der Waals surface area (Å²) in [4.78, 5) is 2.31. The Hall–Kier alpha value is -1.20. The van der Waals surface area contributed by atoms with Crippen LogP contribution in [0.25, 0.3) is 0 Å². The largest absolute Gasteiger partial charge is 0.496 e. The van der Waals surface area contributed by atoms with Gasteiger partial charge in [-0.2, -0.15) is 0 Å². The van der Waals surface area contributed by atoms with E-state index in [1.165, 1.54) is 11.1 Å². The van der Waals surface area contributed by atoms with Gasteiger partial charge in [-0.25, -0.2) is 8.78 Å². The van der Waals surface area contributed by atoms with Crippen LogP contribution in [-0.2, 0) is 16.8 Å². The molecule has 4 rings (SSSR count). The third-order valence-corrected chi connectivity index (χ3v) is 5.95. The minimum Gasteiger partial charge on any atom is -0.496 e. The molecule has 1 saturated heterocycles. The van der Waals surface area contributed by atoms with Crippen LogP contribution in [0.4, 0.5) is 8.78 Å². The first kappa shape index (κ1) is 16.3. The summed E-state index contributed by atoms with van der Waals surface area (Å²) in [5, 5.41) is 0. The van der Waals surface area contributed by atoms with Crippen molar-refractivity contribution < 1.29 is 18.3 Å². The average molecular weight is 337 g/mol. The Labute approximate surface area is 141 Å². The Kier molecular flexibility index (Phi) is 4.04. The van der Waals surface area contributed by atoms with Crippen molar-refractivity contribution in [1.82, 2.24) is 4.90 Å². The van der Waals surface area contributed by atoms with Crippen molar-refractivity contribution in [3.05, 3.63) is 29.3 Å². The minimum atomic E-state index is -2.39. The van der Waals surface area contributed by atoms with Gasteiger partial charge in [0.25, 0.3) is 5.92 Å². The second-order valence-corrected chi connectivity index (χ2v) is 7.38. The summed E-state index contributed by atoms with van der Waals surface area (Å²) in [6.07, 6.45) is 3.43. The second-order valence-electron chi connectivity index (χ2n) is 7.38. The highest BCUT2D eigenvalue weighted by molar-refractivity contribution is 5.46. The van der Waals surface area contributed by atoms with Gasteiger partial charge in [0.05, 0.1) is 19.3 Å². The van der Waals surface area contributed by atoms with Crippen molar-refractivity contribution in [2.75, 3.05) is 33.4 Å². The van der Waals surface area contributed by atoms with Gasteiger partial charge >= 0.3 is 0 Å². The van der Waals surface area contributed by atoms with E-state index in [1.807, 2.05) is 12.1 Å². The summed E-state index contributed by atoms with van der Waals surface area (Å²) < 4.78 is 37.9. The Morgan fingerprint density at radius 2 is 2.04 bits per heavy atom. The first-order chi connectivity index (χ1) is 11.5. The molecule has 1 aromatic carbocycles. The summed E-state index contributed by atoms with van der Waals surface area (Å²) >= 11 is 0. The number of likely N-dealkylation sites (tertiary alicyclic amines) is 1. The SMILES string of the molecule is COc1cccc2c1C1(CCN(CCC3CC3(F)F)CC1)OCC2. The predicted octanol–water partition coefficient (Wildman–Crippen LogP) is 3.60. The average Bonchev–Trinajstić information content (AvgIpc) is 3.21. The lowest BCUT2D eigenvalue weighted by molar-refractivity contribution is -0.0993. The van der Waals surface area contributed by atoms with E-state index in [-0.39, 0.29) is 17.9 Å². The van der Waals surface area contributed by atoms with E-state index in [4.69, 9.17) is 9.47 Å².